The zero-order chi connectivity index (χ0) is 14.0. The van der Waals surface area contributed by atoms with E-state index in [0.29, 0.717) is 6.42 Å². The summed E-state index contributed by atoms with van der Waals surface area (Å²) in [5.74, 6) is 0.166. The molecule has 100 valence electrons. The van der Waals surface area contributed by atoms with Gasteiger partial charge in [0.15, 0.2) is 0 Å². The van der Waals surface area contributed by atoms with Gasteiger partial charge in [-0.15, -0.1) is 0 Å². The molecule has 1 aliphatic heterocycles. The zero-order valence-corrected chi connectivity index (χ0v) is 12.2. The lowest BCUT2D eigenvalue weighted by Crippen LogP contribution is -2.13. The largest absolute Gasteiger partial charge is 0.322 e. The molecular weight excluding hydrogens is 222 g/mol. The molecule has 2 nitrogen and oxygen atoms in total. The first kappa shape index (κ1) is 16.4. The van der Waals surface area contributed by atoms with Crippen LogP contribution in [0.1, 0.15) is 46.1 Å². The number of benzene rings is 1. The van der Waals surface area contributed by atoms with Crippen LogP contribution in [0.3, 0.4) is 0 Å². The Morgan fingerprint density at radius 3 is 2.00 bits per heavy atom. The summed E-state index contributed by atoms with van der Waals surface area (Å²) in [4.78, 5) is 12.9. The average Bonchev–Trinajstić information content (AvgIpc) is 2.74. The predicted octanol–water partition coefficient (Wildman–Crippen LogP) is 4.33. The fraction of sp³-hybridized carbons (Fsp3) is 0.438. The Hall–Kier alpha value is -1.57. The Bertz CT molecular complexity index is 368. The van der Waals surface area contributed by atoms with E-state index in [1.807, 2.05) is 50.4 Å². The molecule has 2 rings (SSSR count). The summed E-state index contributed by atoms with van der Waals surface area (Å²) in [6.45, 7) is 8.25. The van der Waals surface area contributed by atoms with Crippen LogP contribution in [0.15, 0.2) is 36.5 Å². The van der Waals surface area contributed by atoms with E-state index in [1.54, 1.807) is 11.9 Å². The molecule has 0 spiro atoms. The van der Waals surface area contributed by atoms with E-state index in [0.717, 1.165) is 11.1 Å². The van der Waals surface area contributed by atoms with Gasteiger partial charge in [0.1, 0.15) is 0 Å². The van der Waals surface area contributed by atoms with Gasteiger partial charge < -0.3 is 4.90 Å². The first-order chi connectivity index (χ1) is 8.69. The lowest BCUT2D eigenvalue weighted by molar-refractivity contribution is -0.125. The van der Waals surface area contributed by atoms with Crippen LogP contribution in [-0.4, -0.2) is 17.9 Å². The molecular formula is C16H25NO. The summed E-state index contributed by atoms with van der Waals surface area (Å²) in [5, 5.41) is 0. The van der Waals surface area contributed by atoms with Gasteiger partial charge in [-0.1, -0.05) is 64.4 Å². The SMILES string of the molecule is CC.CCC.CN1C=C(c2ccccc2)CC1=O. The van der Waals surface area contributed by atoms with Gasteiger partial charge in [-0.05, 0) is 11.1 Å². The maximum atomic E-state index is 11.2. The highest BCUT2D eigenvalue weighted by Gasteiger charge is 2.18. The van der Waals surface area contributed by atoms with Crippen LogP contribution in [0.25, 0.3) is 5.57 Å². The second-order valence-corrected chi connectivity index (χ2v) is 3.91. The minimum absolute atomic E-state index is 0.166. The molecule has 1 aromatic rings. The third kappa shape index (κ3) is 5.17. The highest BCUT2D eigenvalue weighted by Crippen LogP contribution is 2.24. The van der Waals surface area contributed by atoms with Gasteiger partial charge >= 0.3 is 0 Å². The molecule has 0 radical (unpaired) electrons. The Kier molecular flexibility index (Phi) is 8.63. The van der Waals surface area contributed by atoms with Crippen molar-refractivity contribution in [1.29, 1.82) is 0 Å². The highest BCUT2D eigenvalue weighted by molar-refractivity contribution is 5.94. The van der Waals surface area contributed by atoms with Crippen molar-refractivity contribution < 1.29 is 4.79 Å². The second-order valence-electron chi connectivity index (χ2n) is 3.91. The molecule has 0 aliphatic carbocycles. The molecule has 1 aliphatic rings. The molecule has 0 aromatic heterocycles. The van der Waals surface area contributed by atoms with Crippen molar-refractivity contribution in [2.24, 2.45) is 0 Å². The molecule has 0 bridgehead atoms. The number of rotatable bonds is 1. The van der Waals surface area contributed by atoms with Gasteiger partial charge in [0, 0.05) is 13.2 Å². The standard InChI is InChI=1S/C11H11NO.C3H8.C2H6/c1-12-8-10(7-11(12)13)9-5-3-2-4-6-9;1-3-2;1-2/h2-6,8H,7H2,1H3;3H2,1-2H3;1-2H3. The molecule has 0 saturated heterocycles. The Balaban J connectivity index is 0.000000509. The summed E-state index contributed by atoms with van der Waals surface area (Å²) in [7, 11) is 1.79. The minimum Gasteiger partial charge on any atom is -0.322 e. The van der Waals surface area contributed by atoms with E-state index < -0.39 is 0 Å². The smallest absolute Gasteiger partial charge is 0.230 e. The van der Waals surface area contributed by atoms with Gasteiger partial charge in [0.05, 0.1) is 6.42 Å². The second kappa shape index (κ2) is 9.46. The minimum atomic E-state index is 0.166. The molecule has 0 N–H and O–H groups in total. The first-order valence-corrected chi connectivity index (χ1v) is 6.70. The normalized spacial score (nSPS) is 13.1. The molecule has 0 saturated carbocycles. The monoisotopic (exact) mass is 247 g/mol. The molecule has 1 amide bonds. The lowest BCUT2D eigenvalue weighted by Gasteiger charge is -2.00. The Labute approximate surface area is 111 Å². The Morgan fingerprint density at radius 1 is 1.11 bits per heavy atom. The predicted molar refractivity (Wildman–Crippen MR) is 79.1 cm³/mol. The van der Waals surface area contributed by atoms with E-state index in [-0.39, 0.29) is 5.91 Å². The van der Waals surface area contributed by atoms with Crippen LogP contribution < -0.4 is 0 Å². The summed E-state index contributed by atoms with van der Waals surface area (Å²) < 4.78 is 0. The zero-order valence-electron chi connectivity index (χ0n) is 12.2. The van der Waals surface area contributed by atoms with Crippen LogP contribution in [0.4, 0.5) is 0 Å². The third-order valence-electron chi connectivity index (χ3n) is 2.23. The van der Waals surface area contributed by atoms with Crippen molar-refractivity contribution in [2.45, 2.75) is 40.5 Å². The van der Waals surface area contributed by atoms with E-state index in [2.05, 4.69) is 13.8 Å². The molecule has 1 heterocycles. The molecule has 18 heavy (non-hydrogen) atoms. The highest BCUT2D eigenvalue weighted by atomic mass is 16.2. The quantitative estimate of drug-likeness (QED) is 0.723. The molecule has 1 aromatic carbocycles. The van der Waals surface area contributed by atoms with Crippen LogP contribution in [0.5, 0.6) is 0 Å². The average molecular weight is 247 g/mol. The molecule has 0 fully saturated rings. The van der Waals surface area contributed by atoms with Crippen molar-refractivity contribution >= 4 is 11.5 Å². The summed E-state index contributed by atoms with van der Waals surface area (Å²) >= 11 is 0. The van der Waals surface area contributed by atoms with Crippen molar-refractivity contribution in [1.82, 2.24) is 4.90 Å². The van der Waals surface area contributed by atoms with E-state index in [9.17, 15) is 4.79 Å². The van der Waals surface area contributed by atoms with E-state index >= 15 is 0 Å². The molecule has 2 heteroatoms. The summed E-state index contributed by atoms with van der Waals surface area (Å²) in [5.41, 5.74) is 2.24. The van der Waals surface area contributed by atoms with Crippen LogP contribution in [0, 0.1) is 0 Å². The fourth-order valence-electron chi connectivity index (χ4n) is 1.47. The number of hydrogen-bond acceptors (Lipinski definition) is 1. The first-order valence-electron chi connectivity index (χ1n) is 6.70. The number of carbonyl (C=O) groups is 1. The number of amides is 1. The maximum Gasteiger partial charge on any atom is 0.230 e. The van der Waals surface area contributed by atoms with Crippen molar-refractivity contribution in [3.8, 4) is 0 Å². The van der Waals surface area contributed by atoms with Gasteiger partial charge in [0.2, 0.25) is 5.91 Å². The lowest BCUT2D eigenvalue weighted by atomic mass is 10.1. The molecule has 0 atom stereocenters. The van der Waals surface area contributed by atoms with Crippen molar-refractivity contribution in [3.05, 3.63) is 42.1 Å². The Morgan fingerprint density at radius 2 is 1.61 bits per heavy atom. The number of carbonyl (C=O) groups excluding carboxylic acids is 1. The molecule has 0 unspecified atom stereocenters. The van der Waals surface area contributed by atoms with Gasteiger partial charge in [-0.3, -0.25) is 4.79 Å². The topological polar surface area (TPSA) is 20.3 Å². The van der Waals surface area contributed by atoms with E-state index in [4.69, 9.17) is 0 Å². The van der Waals surface area contributed by atoms with Gasteiger partial charge in [-0.25, -0.2) is 0 Å². The van der Waals surface area contributed by atoms with Crippen molar-refractivity contribution in [3.63, 3.8) is 0 Å². The van der Waals surface area contributed by atoms with E-state index in [1.165, 1.54) is 6.42 Å². The van der Waals surface area contributed by atoms with Gasteiger partial charge in [0.25, 0.3) is 0 Å². The van der Waals surface area contributed by atoms with Crippen LogP contribution in [-0.2, 0) is 4.79 Å². The summed E-state index contributed by atoms with van der Waals surface area (Å²) in [6.07, 6.45) is 3.68. The third-order valence-corrected chi connectivity index (χ3v) is 2.23. The number of nitrogens with zero attached hydrogens (tertiary/aromatic N) is 1. The fourth-order valence-corrected chi connectivity index (χ4v) is 1.47. The maximum absolute atomic E-state index is 11.2. The number of hydrogen-bond donors (Lipinski definition) is 0. The van der Waals surface area contributed by atoms with Crippen LogP contribution in [0.2, 0.25) is 0 Å². The summed E-state index contributed by atoms with van der Waals surface area (Å²) in [6, 6.07) is 10.00. The van der Waals surface area contributed by atoms with Gasteiger partial charge in [-0.2, -0.15) is 0 Å². The van der Waals surface area contributed by atoms with Crippen molar-refractivity contribution in [2.75, 3.05) is 7.05 Å². The van der Waals surface area contributed by atoms with Crippen LogP contribution >= 0.6 is 0 Å².